The molecule has 0 aliphatic rings. The third-order valence-corrected chi connectivity index (χ3v) is 3.98. The predicted molar refractivity (Wildman–Crippen MR) is 95.2 cm³/mol. The van der Waals surface area contributed by atoms with Gasteiger partial charge in [0.25, 0.3) is 11.6 Å². The van der Waals surface area contributed by atoms with E-state index in [2.05, 4.69) is 15.6 Å². The van der Waals surface area contributed by atoms with Crippen molar-refractivity contribution in [3.8, 4) is 5.69 Å². The van der Waals surface area contributed by atoms with Crippen LogP contribution in [-0.4, -0.2) is 32.4 Å². The molecule has 1 amide bonds. The Kier molecular flexibility index (Phi) is 5.20. The van der Waals surface area contributed by atoms with Crippen molar-refractivity contribution >= 4 is 11.6 Å². The fourth-order valence-corrected chi connectivity index (χ4v) is 2.62. The zero-order valence-electron chi connectivity index (χ0n) is 14.4. The van der Waals surface area contributed by atoms with Gasteiger partial charge in [0.15, 0.2) is 5.69 Å². The van der Waals surface area contributed by atoms with Crippen molar-refractivity contribution in [2.45, 2.75) is 13.3 Å². The summed E-state index contributed by atoms with van der Waals surface area (Å²) in [6.45, 7) is 1.96. The molecular formula is C18H16FN5O3. The van der Waals surface area contributed by atoms with Crippen molar-refractivity contribution in [1.29, 1.82) is 0 Å². The van der Waals surface area contributed by atoms with Crippen LogP contribution in [-0.2, 0) is 6.42 Å². The Hall–Kier alpha value is -3.62. The summed E-state index contributed by atoms with van der Waals surface area (Å²) in [4.78, 5) is 22.7. The maximum Gasteiger partial charge on any atom is 0.273 e. The van der Waals surface area contributed by atoms with Crippen LogP contribution in [0.2, 0.25) is 0 Å². The molecule has 0 bridgehead atoms. The van der Waals surface area contributed by atoms with Gasteiger partial charge in [-0.3, -0.25) is 14.9 Å². The fraction of sp³-hybridized carbons (Fsp3) is 0.167. The first kappa shape index (κ1) is 18.2. The molecule has 3 rings (SSSR count). The van der Waals surface area contributed by atoms with E-state index < -0.39 is 10.8 Å². The van der Waals surface area contributed by atoms with Gasteiger partial charge in [-0.05, 0) is 37.1 Å². The second-order valence-corrected chi connectivity index (χ2v) is 5.85. The number of nitro groups is 1. The van der Waals surface area contributed by atoms with E-state index in [9.17, 15) is 19.3 Å². The molecule has 8 nitrogen and oxygen atoms in total. The number of rotatable bonds is 6. The Labute approximate surface area is 153 Å². The first-order valence-electron chi connectivity index (χ1n) is 8.15. The number of nitro benzene ring substituents is 1. The number of aromatic nitrogens is 3. The summed E-state index contributed by atoms with van der Waals surface area (Å²) < 4.78 is 14.5. The molecule has 0 radical (unpaired) electrons. The van der Waals surface area contributed by atoms with E-state index in [4.69, 9.17) is 0 Å². The fourth-order valence-electron chi connectivity index (χ4n) is 2.62. The number of benzene rings is 2. The standard InChI is InChI=1S/C18H16FN5O3/c1-12-17(18(25)20-9-8-13-4-2-5-14(19)10-13)21-22-23(12)15-6-3-7-16(11-15)24(26)27/h2-7,10-11H,8-9H2,1H3,(H,20,25). The van der Waals surface area contributed by atoms with Crippen molar-refractivity contribution in [1.82, 2.24) is 20.3 Å². The van der Waals surface area contributed by atoms with Crippen LogP contribution in [0.3, 0.4) is 0 Å². The Morgan fingerprint density at radius 3 is 2.78 bits per heavy atom. The van der Waals surface area contributed by atoms with Gasteiger partial charge >= 0.3 is 0 Å². The minimum absolute atomic E-state index is 0.0801. The van der Waals surface area contributed by atoms with Crippen molar-refractivity contribution in [3.63, 3.8) is 0 Å². The van der Waals surface area contributed by atoms with Gasteiger partial charge in [-0.15, -0.1) is 5.10 Å². The Balaban J connectivity index is 1.70. The quantitative estimate of drug-likeness (QED) is 0.531. The minimum atomic E-state index is -0.504. The number of hydrogen-bond acceptors (Lipinski definition) is 5. The highest BCUT2D eigenvalue weighted by molar-refractivity contribution is 5.93. The van der Waals surface area contributed by atoms with E-state index in [0.29, 0.717) is 24.3 Å². The van der Waals surface area contributed by atoms with Crippen molar-refractivity contribution in [2.24, 2.45) is 0 Å². The SMILES string of the molecule is Cc1c(C(=O)NCCc2cccc(F)c2)nnn1-c1cccc([N+](=O)[O-])c1. The predicted octanol–water partition coefficient (Wildman–Crippen LogP) is 2.60. The molecule has 0 saturated carbocycles. The van der Waals surface area contributed by atoms with Crippen LogP contribution >= 0.6 is 0 Å². The number of amides is 1. The largest absolute Gasteiger partial charge is 0.350 e. The molecule has 0 atom stereocenters. The summed E-state index contributed by atoms with van der Waals surface area (Å²) in [6, 6.07) is 12.1. The zero-order valence-corrected chi connectivity index (χ0v) is 14.4. The molecule has 138 valence electrons. The van der Waals surface area contributed by atoms with Crippen LogP contribution in [0.5, 0.6) is 0 Å². The normalized spacial score (nSPS) is 10.6. The molecule has 0 spiro atoms. The first-order chi connectivity index (χ1) is 13.0. The maximum atomic E-state index is 13.2. The van der Waals surface area contributed by atoms with Crippen molar-refractivity contribution in [2.75, 3.05) is 6.54 Å². The third kappa shape index (κ3) is 4.14. The molecule has 1 aromatic heterocycles. The average molecular weight is 369 g/mol. The van der Waals surface area contributed by atoms with Gasteiger partial charge in [-0.2, -0.15) is 0 Å². The van der Waals surface area contributed by atoms with E-state index in [1.165, 1.54) is 35.0 Å². The van der Waals surface area contributed by atoms with E-state index in [-0.39, 0.29) is 17.2 Å². The second kappa shape index (κ2) is 7.73. The van der Waals surface area contributed by atoms with Gasteiger partial charge in [0.05, 0.1) is 16.3 Å². The topological polar surface area (TPSA) is 103 Å². The highest BCUT2D eigenvalue weighted by Crippen LogP contribution is 2.18. The minimum Gasteiger partial charge on any atom is -0.350 e. The number of hydrogen-bond donors (Lipinski definition) is 1. The summed E-state index contributed by atoms with van der Waals surface area (Å²) in [5, 5.41) is 21.4. The van der Waals surface area contributed by atoms with E-state index in [0.717, 1.165) is 5.56 Å². The van der Waals surface area contributed by atoms with Gasteiger partial charge in [0.1, 0.15) is 5.82 Å². The van der Waals surface area contributed by atoms with Gasteiger partial charge in [0, 0.05) is 18.7 Å². The number of halogens is 1. The monoisotopic (exact) mass is 369 g/mol. The molecular weight excluding hydrogens is 353 g/mol. The molecule has 3 aromatic rings. The molecule has 2 aromatic carbocycles. The second-order valence-electron chi connectivity index (χ2n) is 5.85. The number of nitrogens with zero attached hydrogens (tertiary/aromatic N) is 4. The van der Waals surface area contributed by atoms with Crippen LogP contribution in [0, 0.1) is 22.9 Å². The molecule has 0 aliphatic heterocycles. The number of carbonyl (C=O) groups is 1. The van der Waals surface area contributed by atoms with Crippen molar-refractivity contribution in [3.05, 3.63) is 81.4 Å². The lowest BCUT2D eigenvalue weighted by Crippen LogP contribution is -2.26. The average Bonchev–Trinajstić information content (AvgIpc) is 3.03. The van der Waals surface area contributed by atoms with E-state index >= 15 is 0 Å². The number of nitrogens with one attached hydrogen (secondary N) is 1. The smallest absolute Gasteiger partial charge is 0.273 e. The van der Waals surface area contributed by atoms with Crippen LogP contribution in [0.4, 0.5) is 10.1 Å². The number of non-ortho nitro benzene ring substituents is 1. The molecule has 9 heteroatoms. The van der Waals surface area contributed by atoms with Crippen molar-refractivity contribution < 1.29 is 14.1 Å². The van der Waals surface area contributed by atoms with Crippen LogP contribution < -0.4 is 5.32 Å². The molecule has 0 fully saturated rings. The third-order valence-electron chi connectivity index (χ3n) is 3.98. The molecule has 0 saturated heterocycles. The Morgan fingerprint density at radius 1 is 1.26 bits per heavy atom. The summed E-state index contributed by atoms with van der Waals surface area (Å²) in [5.74, 6) is -0.741. The molecule has 0 aliphatic carbocycles. The summed E-state index contributed by atoms with van der Waals surface area (Å²) >= 11 is 0. The summed E-state index contributed by atoms with van der Waals surface area (Å²) in [7, 11) is 0. The molecule has 1 heterocycles. The highest BCUT2D eigenvalue weighted by atomic mass is 19.1. The van der Waals surface area contributed by atoms with E-state index in [1.807, 2.05) is 0 Å². The highest BCUT2D eigenvalue weighted by Gasteiger charge is 2.18. The lowest BCUT2D eigenvalue weighted by molar-refractivity contribution is -0.384. The Morgan fingerprint density at radius 2 is 2.04 bits per heavy atom. The van der Waals surface area contributed by atoms with Crippen LogP contribution in [0.15, 0.2) is 48.5 Å². The van der Waals surface area contributed by atoms with Gasteiger partial charge in [-0.25, -0.2) is 9.07 Å². The molecule has 1 N–H and O–H groups in total. The Bertz CT molecular complexity index is 1000. The zero-order chi connectivity index (χ0) is 19.4. The lowest BCUT2D eigenvalue weighted by atomic mass is 10.1. The van der Waals surface area contributed by atoms with Gasteiger partial charge in [0.2, 0.25) is 0 Å². The molecule has 27 heavy (non-hydrogen) atoms. The first-order valence-corrected chi connectivity index (χ1v) is 8.15. The molecule has 0 unspecified atom stereocenters. The van der Waals surface area contributed by atoms with Gasteiger partial charge < -0.3 is 5.32 Å². The maximum absolute atomic E-state index is 13.2. The lowest BCUT2D eigenvalue weighted by Gasteiger charge is -2.05. The number of carbonyl (C=O) groups excluding carboxylic acids is 1. The van der Waals surface area contributed by atoms with E-state index in [1.54, 1.807) is 25.1 Å². The summed E-state index contributed by atoms with van der Waals surface area (Å²) in [5.41, 5.74) is 1.71. The van der Waals surface area contributed by atoms with Crippen LogP contribution in [0.25, 0.3) is 5.69 Å². The van der Waals surface area contributed by atoms with Crippen LogP contribution in [0.1, 0.15) is 21.7 Å². The van der Waals surface area contributed by atoms with Gasteiger partial charge in [-0.1, -0.05) is 23.4 Å². The summed E-state index contributed by atoms with van der Waals surface area (Å²) in [6.07, 6.45) is 0.474.